The minimum Gasteiger partial charge on any atom is -0.341 e. The number of amides is 1. The summed E-state index contributed by atoms with van der Waals surface area (Å²) in [6.45, 7) is 1.83. The van der Waals surface area contributed by atoms with Crippen molar-refractivity contribution in [2.24, 2.45) is 0 Å². The third-order valence-corrected chi connectivity index (χ3v) is 2.80. The maximum Gasteiger partial charge on any atom is 0.223 e. The van der Waals surface area contributed by atoms with Crippen molar-refractivity contribution in [1.82, 2.24) is 10.2 Å². The van der Waals surface area contributed by atoms with E-state index in [1.165, 1.54) is 0 Å². The van der Waals surface area contributed by atoms with E-state index in [1.54, 1.807) is 0 Å². The summed E-state index contributed by atoms with van der Waals surface area (Å²) in [5.74, 6) is 0.308. The summed E-state index contributed by atoms with van der Waals surface area (Å²) in [6.07, 6.45) is 1.79. The topological polar surface area (TPSA) is 32.3 Å². The van der Waals surface area contributed by atoms with Crippen molar-refractivity contribution in [1.29, 1.82) is 0 Å². The van der Waals surface area contributed by atoms with E-state index in [-0.39, 0.29) is 0 Å². The van der Waals surface area contributed by atoms with E-state index < -0.39 is 0 Å². The molecule has 3 nitrogen and oxygen atoms in total. The minimum absolute atomic E-state index is 0.308. The van der Waals surface area contributed by atoms with Gasteiger partial charge in [0.05, 0.1) is 0 Å². The Bertz CT molecular complexity index is 163. The molecular formula is C8H15IN2O. The van der Waals surface area contributed by atoms with Crippen LogP contribution in [0.4, 0.5) is 0 Å². The molecule has 1 atom stereocenters. The number of carbonyl (C=O) groups excluding carboxylic acids is 1. The maximum absolute atomic E-state index is 11.4. The quantitative estimate of drug-likeness (QED) is 0.608. The SMILES string of the molecule is CN[C@@H]1CCN(C(=O)CCI)C1. The molecular weight excluding hydrogens is 267 g/mol. The van der Waals surface area contributed by atoms with Crippen LogP contribution < -0.4 is 5.32 Å². The van der Waals surface area contributed by atoms with Gasteiger partial charge >= 0.3 is 0 Å². The minimum atomic E-state index is 0.308. The van der Waals surface area contributed by atoms with Crippen molar-refractivity contribution >= 4 is 28.5 Å². The smallest absolute Gasteiger partial charge is 0.223 e. The van der Waals surface area contributed by atoms with Crippen molar-refractivity contribution in [3.63, 3.8) is 0 Å². The van der Waals surface area contributed by atoms with E-state index in [0.29, 0.717) is 18.4 Å². The Morgan fingerprint density at radius 3 is 3.00 bits per heavy atom. The van der Waals surface area contributed by atoms with Gasteiger partial charge in [0, 0.05) is 30.0 Å². The van der Waals surface area contributed by atoms with E-state index in [9.17, 15) is 4.79 Å². The molecule has 1 saturated heterocycles. The van der Waals surface area contributed by atoms with Crippen LogP contribution in [0.15, 0.2) is 0 Å². The zero-order valence-electron chi connectivity index (χ0n) is 7.35. The largest absolute Gasteiger partial charge is 0.341 e. The molecule has 0 aromatic heterocycles. The Balaban J connectivity index is 2.31. The van der Waals surface area contributed by atoms with E-state index in [2.05, 4.69) is 27.9 Å². The maximum atomic E-state index is 11.4. The Labute approximate surface area is 87.0 Å². The molecule has 4 heteroatoms. The van der Waals surface area contributed by atoms with Gasteiger partial charge in [0.2, 0.25) is 5.91 Å². The highest BCUT2D eigenvalue weighted by Crippen LogP contribution is 2.10. The van der Waals surface area contributed by atoms with Crippen molar-refractivity contribution in [3.05, 3.63) is 0 Å². The lowest BCUT2D eigenvalue weighted by molar-refractivity contribution is -0.129. The Hall–Kier alpha value is 0.160. The molecule has 70 valence electrons. The fraction of sp³-hybridized carbons (Fsp3) is 0.875. The van der Waals surface area contributed by atoms with Crippen LogP contribution in [0.2, 0.25) is 0 Å². The van der Waals surface area contributed by atoms with Gasteiger partial charge in [-0.15, -0.1) is 0 Å². The molecule has 1 aliphatic heterocycles. The summed E-state index contributed by atoms with van der Waals surface area (Å²) in [7, 11) is 1.96. The molecule has 0 unspecified atom stereocenters. The molecule has 0 radical (unpaired) electrons. The first-order valence-corrected chi connectivity index (χ1v) is 5.81. The van der Waals surface area contributed by atoms with Crippen LogP contribution in [0.25, 0.3) is 0 Å². The molecule has 1 heterocycles. The number of rotatable bonds is 3. The van der Waals surface area contributed by atoms with Crippen LogP contribution in [-0.4, -0.2) is 41.4 Å². The van der Waals surface area contributed by atoms with Gasteiger partial charge in [-0.3, -0.25) is 4.79 Å². The van der Waals surface area contributed by atoms with E-state index in [0.717, 1.165) is 23.9 Å². The predicted octanol–water partition coefficient (Wildman–Crippen LogP) is 0.632. The second-order valence-corrected chi connectivity index (χ2v) is 4.13. The Kier molecular flexibility index (Phi) is 4.28. The van der Waals surface area contributed by atoms with E-state index in [4.69, 9.17) is 0 Å². The van der Waals surface area contributed by atoms with Crippen molar-refractivity contribution in [3.8, 4) is 0 Å². The summed E-state index contributed by atoms with van der Waals surface area (Å²) in [6, 6.07) is 0.517. The Morgan fingerprint density at radius 2 is 2.50 bits per heavy atom. The van der Waals surface area contributed by atoms with Crippen LogP contribution in [0, 0.1) is 0 Å². The molecule has 1 fully saturated rings. The first-order valence-electron chi connectivity index (χ1n) is 4.29. The summed E-state index contributed by atoms with van der Waals surface area (Å²) in [5.41, 5.74) is 0. The van der Waals surface area contributed by atoms with Crippen LogP contribution in [0.1, 0.15) is 12.8 Å². The highest BCUT2D eigenvalue weighted by molar-refractivity contribution is 14.1. The third-order valence-electron chi connectivity index (χ3n) is 2.26. The number of halogens is 1. The molecule has 0 aromatic rings. The summed E-state index contributed by atoms with van der Waals surface area (Å²) >= 11 is 2.24. The molecule has 0 bridgehead atoms. The third kappa shape index (κ3) is 2.58. The molecule has 0 aliphatic carbocycles. The second kappa shape index (κ2) is 5.01. The summed E-state index contributed by atoms with van der Waals surface area (Å²) in [4.78, 5) is 13.4. The van der Waals surface area contributed by atoms with Gasteiger partial charge in [0.25, 0.3) is 0 Å². The van der Waals surface area contributed by atoms with Crippen LogP contribution in [0.3, 0.4) is 0 Å². The molecule has 0 aromatic carbocycles. The highest BCUT2D eigenvalue weighted by Gasteiger charge is 2.23. The second-order valence-electron chi connectivity index (χ2n) is 3.05. The normalized spacial score (nSPS) is 23.2. The zero-order chi connectivity index (χ0) is 8.97. The Morgan fingerprint density at radius 1 is 1.75 bits per heavy atom. The molecule has 0 saturated carbocycles. The van der Waals surface area contributed by atoms with Gasteiger partial charge in [-0.1, -0.05) is 22.6 Å². The zero-order valence-corrected chi connectivity index (χ0v) is 9.50. The van der Waals surface area contributed by atoms with Crippen LogP contribution in [0.5, 0.6) is 0 Å². The monoisotopic (exact) mass is 282 g/mol. The van der Waals surface area contributed by atoms with Gasteiger partial charge in [0.1, 0.15) is 0 Å². The van der Waals surface area contributed by atoms with Gasteiger partial charge in [-0.05, 0) is 13.5 Å². The standard InChI is InChI=1S/C8H15IN2O/c1-10-7-3-5-11(6-7)8(12)2-4-9/h7,10H,2-6H2,1H3/t7-/m1/s1. The number of alkyl halides is 1. The summed E-state index contributed by atoms with van der Waals surface area (Å²) in [5, 5.41) is 3.20. The van der Waals surface area contributed by atoms with E-state index >= 15 is 0 Å². The number of likely N-dealkylation sites (N-methyl/N-ethyl adjacent to an activating group) is 1. The number of carbonyl (C=O) groups is 1. The van der Waals surface area contributed by atoms with Crippen molar-refractivity contribution in [2.75, 3.05) is 24.6 Å². The molecule has 1 aliphatic rings. The van der Waals surface area contributed by atoms with Crippen LogP contribution >= 0.6 is 22.6 Å². The van der Waals surface area contributed by atoms with Gasteiger partial charge < -0.3 is 10.2 Å². The first kappa shape index (κ1) is 10.2. The number of hydrogen-bond donors (Lipinski definition) is 1. The average Bonchev–Trinajstić information content (AvgIpc) is 2.52. The highest BCUT2D eigenvalue weighted by atomic mass is 127. The number of nitrogens with zero attached hydrogens (tertiary/aromatic N) is 1. The van der Waals surface area contributed by atoms with Gasteiger partial charge in [0.15, 0.2) is 0 Å². The predicted molar refractivity (Wildman–Crippen MR) is 57.5 cm³/mol. The molecule has 0 spiro atoms. The molecule has 12 heavy (non-hydrogen) atoms. The van der Waals surface area contributed by atoms with Gasteiger partial charge in [-0.2, -0.15) is 0 Å². The average molecular weight is 282 g/mol. The molecule has 1 N–H and O–H groups in total. The number of likely N-dealkylation sites (tertiary alicyclic amines) is 1. The van der Waals surface area contributed by atoms with Crippen molar-refractivity contribution in [2.45, 2.75) is 18.9 Å². The van der Waals surface area contributed by atoms with Crippen molar-refractivity contribution < 1.29 is 4.79 Å². The van der Waals surface area contributed by atoms with Gasteiger partial charge in [-0.25, -0.2) is 0 Å². The lowest BCUT2D eigenvalue weighted by atomic mass is 10.3. The molecule has 1 amide bonds. The summed E-state index contributed by atoms with van der Waals surface area (Å²) < 4.78 is 0.928. The molecule has 1 rings (SSSR count). The fourth-order valence-electron chi connectivity index (χ4n) is 1.46. The lowest BCUT2D eigenvalue weighted by Gasteiger charge is -2.15. The number of hydrogen-bond acceptors (Lipinski definition) is 2. The fourth-order valence-corrected chi connectivity index (χ4v) is 1.92. The lowest BCUT2D eigenvalue weighted by Crippen LogP contribution is -2.33. The first-order chi connectivity index (χ1) is 5.77. The van der Waals surface area contributed by atoms with E-state index in [1.807, 2.05) is 11.9 Å². The number of nitrogens with one attached hydrogen (secondary N) is 1. The van der Waals surface area contributed by atoms with Crippen LogP contribution in [-0.2, 0) is 4.79 Å².